The van der Waals surface area contributed by atoms with Crippen LogP contribution in [0.15, 0.2) is 109 Å². The first-order valence-electron chi connectivity index (χ1n) is 14.0. The molecule has 0 aliphatic rings. The summed E-state index contributed by atoms with van der Waals surface area (Å²) in [5.74, 6) is 1.99. The number of rotatable bonds is 5. The number of nitrogens with zero attached hydrogens (tertiary/aromatic N) is 3. The number of aromatic nitrogens is 3. The Hall–Kier alpha value is -4.89. The van der Waals surface area contributed by atoms with Gasteiger partial charge in [0.1, 0.15) is 0 Å². The molecule has 6 rings (SSSR count). The first-order chi connectivity index (χ1) is 19.8. The number of aryl methyl sites for hydroxylation is 5. The van der Waals surface area contributed by atoms with Gasteiger partial charge in [0, 0.05) is 16.7 Å². The highest BCUT2D eigenvalue weighted by molar-refractivity contribution is 5.74. The molecule has 0 aliphatic carbocycles. The van der Waals surface area contributed by atoms with Crippen LogP contribution in [0.4, 0.5) is 0 Å². The smallest absolute Gasteiger partial charge is 0.164 e. The van der Waals surface area contributed by atoms with Crippen LogP contribution in [0.2, 0.25) is 0 Å². The van der Waals surface area contributed by atoms with Crippen molar-refractivity contribution in [1.82, 2.24) is 15.0 Å². The van der Waals surface area contributed by atoms with Crippen LogP contribution in [0.1, 0.15) is 27.8 Å². The summed E-state index contributed by atoms with van der Waals surface area (Å²) in [6.07, 6.45) is 0. The molecule has 3 nitrogen and oxygen atoms in total. The van der Waals surface area contributed by atoms with E-state index in [4.69, 9.17) is 15.0 Å². The Bertz CT molecular complexity index is 1740. The fourth-order valence-corrected chi connectivity index (χ4v) is 5.34. The second-order valence-electron chi connectivity index (χ2n) is 11.0. The first kappa shape index (κ1) is 26.3. The van der Waals surface area contributed by atoms with Crippen LogP contribution in [0.3, 0.4) is 0 Å². The highest BCUT2D eigenvalue weighted by Gasteiger charge is 2.13. The van der Waals surface area contributed by atoms with Gasteiger partial charge in [-0.3, -0.25) is 0 Å². The zero-order valence-corrected chi connectivity index (χ0v) is 24.2. The van der Waals surface area contributed by atoms with Crippen molar-refractivity contribution in [2.45, 2.75) is 34.6 Å². The van der Waals surface area contributed by atoms with Gasteiger partial charge in [0.15, 0.2) is 17.5 Å². The van der Waals surface area contributed by atoms with Gasteiger partial charge in [0.25, 0.3) is 0 Å². The molecule has 0 spiro atoms. The van der Waals surface area contributed by atoms with E-state index in [1.807, 2.05) is 0 Å². The number of benzene rings is 5. The molecule has 0 atom stereocenters. The summed E-state index contributed by atoms with van der Waals surface area (Å²) in [4.78, 5) is 14.8. The second kappa shape index (κ2) is 10.9. The van der Waals surface area contributed by atoms with Crippen molar-refractivity contribution in [3.63, 3.8) is 0 Å². The zero-order chi connectivity index (χ0) is 28.5. The SMILES string of the molecule is Cc1ccc(-c2nc(-c3ccc(-c4ccc(C)cc4C)cc3)nc(-c3ccc(-c4ccc(C)cc4C)cc3)n2)cc1. The van der Waals surface area contributed by atoms with E-state index in [-0.39, 0.29) is 0 Å². The molecule has 0 unspecified atom stereocenters. The van der Waals surface area contributed by atoms with E-state index in [0.29, 0.717) is 17.5 Å². The maximum Gasteiger partial charge on any atom is 0.164 e. The lowest BCUT2D eigenvalue weighted by atomic mass is 9.97. The molecule has 0 bridgehead atoms. The fraction of sp³-hybridized carbons (Fsp3) is 0.132. The first-order valence-corrected chi connectivity index (χ1v) is 14.0. The van der Waals surface area contributed by atoms with Gasteiger partial charge < -0.3 is 0 Å². The van der Waals surface area contributed by atoms with Gasteiger partial charge in [-0.05, 0) is 68.0 Å². The summed E-state index contributed by atoms with van der Waals surface area (Å²) in [6, 6.07) is 38.5. The number of hydrogen-bond donors (Lipinski definition) is 0. The third-order valence-corrected chi connectivity index (χ3v) is 7.62. The Balaban J connectivity index is 1.41. The molecule has 41 heavy (non-hydrogen) atoms. The standard InChI is InChI=1S/C38H33N3/c1-24-6-10-31(11-7-24)36-39-37(32-16-12-29(13-17-32)34-20-8-25(2)22-27(34)4)41-38(40-36)33-18-14-30(15-19-33)35-21-9-26(3)23-28(35)5/h6-23H,1-5H3. The minimum atomic E-state index is 0.663. The quantitative estimate of drug-likeness (QED) is 0.222. The van der Waals surface area contributed by atoms with Gasteiger partial charge in [-0.15, -0.1) is 0 Å². The average Bonchev–Trinajstić information content (AvgIpc) is 2.98. The van der Waals surface area contributed by atoms with Gasteiger partial charge in [-0.1, -0.05) is 126 Å². The van der Waals surface area contributed by atoms with E-state index in [9.17, 15) is 0 Å². The molecule has 6 aromatic rings. The van der Waals surface area contributed by atoms with Gasteiger partial charge in [-0.2, -0.15) is 0 Å². The summed E-state index contributed by atoms with van der Waals surface area (Å²) in [6.45, 7) is 10.7. The third kappa shape index (κ3) is 5.57. The Kier molecular flexibility index (Phi) is 7.03. The monoisotopic (exact) mass is 531 g/mol. The van der Waals surface area contributed by atoms with Crippen molar-refractivity contribution in [2.24, 2.45) is 0 Å². The van der Waals surface area contributed by atoms with Crippen molar-refractivity contribution >= 4 is 0 Å². The van der Waals surface area contributed by atoms with Crippen LogP contribution >= 0.6 is 0 Å². The summed E-state index contributed by atoms with van der Waals surface area (Å²) < 4.78 is 0. The normalized spacial score (nSPS) is 11.0. The molecule has 0 amide bonds. The average molecular weight is 532 g/mol. The van der Waals surface area contributed by atoms with E-state index in [1.165, 1.54) is 50.1 Å². The van der Waals surface area contributed by atoms with E-state index in [0.717, 1.165) is 16.7 Å². The molecule has 0 saturated heterocycles. The largest absolute Gasteiger partial charge is 0.208 e. The van der Waals surface area contributed by atoms with Crippen LogP contribution < -0.4 is 0 Å². The molecule has 3 heteroatoms. The summed E-state index contributed by atoms with van der Waals surface area (Å²) in [5.41, 5.74) is 14.0. The Labute approximate surface area is 242 Å². The van der Waals surface area contributed by atoms with Crippen molar-refractivity contribution in [3.05, 3.63) is 137 Å². The molecule has 0 saturated carbocycles. The van der Waals surface area contributed by atoms with Crippen molar-refractivity contribution in [1.29, 1.82) is 0 Å². The van der Waals surface area contributed by atoms with Gasteiger partial charge in [-0.25, -0.2) is 15.0 Å². The third-order valence-electron chi connectivity index (χ3n) is 7.62. The predicted octanol–water partition coefficient (Wildman–Crippen LogP) is 9.75. The van der Waals surface area contributed by atoms with Crippen LogP contribution in [-0.2, 0) is 0 Å². The Morgan fingerprint density at radius 1 is 0.317 bits per heavy atom. The Morgan fingerprint density at radius 2 is 0.610 bits per heavy atom. The Morgan fingerprint density at radius 3 is 0.951 bits per heavy atom. The molecule has 0 N–H and O–H groups in total. The minimum absolute atomic E-state index is 0.663. The van der Waals surface area contributed by atoms with E-state index in [1.54, 1.807) is 0 Å². The van der Waals surface area contributed by atoms with Crippen molar-refractivity contribution in [2.75, 3.05) is 0 Å². The highest BCUT2D eigenvalue weighted by Crippen LogP contribution is 2.30. The predicted molar refractivity (Wildman–Crippen MR) is 171 cm³/mol. The van der Waals surface area contributed by atoms with Crippen molar-refractivity contribution in [3.8, 4) is 56.4 Å². The second-order valence-corrected chi connectivity index (χ2v) is 11.0. The van der Waals surface area contributed by atoms with E-state index >= 15 is 0 Å². The summed E-state index contributed by atoms with van der Waals surface area (Å²) in [7, 11) is 0. The van der Waals surface area contributed by atoms with Crippen LogP contribution in [0, 0.1) is 34.6 Å². The highest BCUT2D eigenvalue weighted by atomic mass is 15.0. The van der Waals surface area contributed by atoms with E-state index in [2.05, 4.69) is 144 Å². The zero-order valence-electron chi connectivity index (χ0n) is 24.2. The maximum atomic E-state index is 4.96. The van der Waals surface area contributed by atoms with Gasteiger partial charge in [0.2, 0.25) is 0 Å². The van der Waals surface area contributed by atoms with Gasteiger partial charge >= 0.3 is 0 Å². The minimum Gasteiger partial charge on any atom is -0.208 e. The fourth-order valence-electron chi connectivity index (χ4n) is 5.34. The lowest BCUT2D eigenvalue weighted by molar-refractivity contribution is 1.07. The molecule has 0 fully saturated rings. The molecule has 5 aromatic carbocycles. The van der Waals surface area contributed by atoms with Crippen LogP contribution in [0.25, 0.3) is 56.4 Å². The molecule has 1 heterocycles. The molecule has 200 valence electrons. The van der Waals surface area contributed by atoms with Gasteiger partial charge in [0.05, 0.1) is 0 Å². The number of hydrogen-bond acceptors (Lipinski definition) is 3. The van der Waals surface area contributed by atoms with Crippen molar-refractivity contribution < 1.29 is 0 Å². The lowest BCUT2D eigenvalue weighted by Gasteiger charge is -2.11. The topological polar surface area (TPSA) is 38.7 Å². The van der Waals surface area contributed by atoms with Crippen LogP contribution in [0.5, 0.6) is 0 Å². The molecule has 1 aromatic heterocycles. The molecular weight excluding hydrogens is 498 g/mol. The summed E-state index contributed by atoms with van der Waals surface area (Å²) >= 11 is 0. The van der Waals surface area contributed by atoms with E-state index < -0.39 is 0 Å². The molecule has 0 radical (unpaired) electrons. The lowest BCUT2D eigenvalue weighted by Crippen LogP contribution is -2.00. The molecular formula is C38H33N3. The maximum absolute atomic E-state index is 4.96. The molecule has 0 aliphatic heterocycles. The summed E-state index contributed by atoms with van der Waals surface area (Å²) in [5, 5.41) is 0. The van der Waals surface area contributed by atoms with Crippen LogP contribution in [-0.4, -0.2) is 15.0 Å².